The lowest BCUT2D eigenvalue weighted by Crippen LogP contribution is -2.26. The molecule has 0 saturated heterocycles. The number of imidazole rings is 1. The molecule has 3 aromatic rings. The first kappa shape index (κ1) is 12.4. The molecule has 2 heterocycles. The summed E-state index contributed by atoms with van der Waals surface area (Å²) in [4.78, 5) is 21.5. The number of H-pyrrole nitrogens is 2. The highest BCUT2D eigenvalue weighted by Gasteiger charge is 2.14. The van der Waals surface area contributed by atoms with Gasteiger partial charge in [0.2, 0.25) is 0 Å². The Morgan fingerprint density at radius 3 is 2.95 bits per heavy atom. The Morgan fingerprint density at radius 1 is 1.40 bits per heavy atom. The summed E-state index contributed by atoms with van der Waals surface area (Å²) >= 11 is 0. The van der Waals surface area contributed by atoms with Gasteiger partial charge in [0.25, 0.3) is 5.91 Å². The maximum Gasteiger partial charge on any atom is 0.257 e. The fourth-order valence-corrected chi connectivity index (χ4v) is 2.19. The van der Waals surface area contributed by atoms with Crippen LogP contribution in [0, 0.1) is 6.92 Å². The van der Waals surface area contributed by atoms with Crippen LogP contribution in [0.25, 0.3) is 11.0 Å². The molecule has 102 valence electrons. The predicted molar refractivity (Wildman–Crippen MR) is 75.2 cm³/mol. The van der Waals surface area contributed by atoms with Crippen LogP contribution in [0.3, 0.4) is 0 Å². The summed E-state index contributed by atoms with van der Waals surface area (Å²) in [6.45, 7) is 2.45. The maximum absolute atomic E-state index is 12.1. The summed E-state index contributed by atoms with van der Waals surface area (Å²) < 4.78 is 0. The van der Waals surface area contributed by atoms with E-state index in [0.717, 1.165) is 22.4 Å². The number of aromatic nitrogens is 4. The molecule has 0 saturated carbocycles. The van der Waals surface area contributed by atoms with Gasteiger partial charge < -0.3 is 9.88 Å². The number of rotatable bonds is 3. The van der Waals surface area contributed by atoms with Crippen LogP contribution in [0.5, 0.6) is 0 Å². The number of benzene rings is 1. The number of nitrogens with zero attached hydrogens (tertiary/aromatic N) is 3. The molecule has 6 heteroatoms. The molecule has 2 aromatic heterocycles. The zero-order valence-corrected chi connectivity index (χ0v) is 11.3. The van der Waals surface area contributed by atoms with Crippen LogP contribution in [0.2, 0.25) is 0 Å². The van der Waals surface area contributed by atoms with Gasteiger partial charge in [-0.25, -0.2) is 4.98 Å². The lowest BCUT2D eigenvalue weighted by atomic mass is 10.2. The van der Waals surface area contributed by atoms with Gasteiger partial charge in [0.05, 0.1) is 29.3 Å². The van der Waals surface area contributed by atoms with E-state index in [0.29, 0.717) is 12.1 Å². The first-order valence-electron chi connectivity index (χ1n) is 6.33. The normalized spacial score (nSPS) is 10.9. The lowest BCUT2D eigenvalue weighted by Gasteiger charge is -2.14. The minimum absolute atomic E-state index is 0.0871. The standard InChI is InChI=1S/C14H15N5O/c1-9-4-3-5-11-13(9)18-12(17-11)8-19(2)14(20)10-6-15-16-7-10/h3-7H,8H2,1-2H3,(H,15,16)(H,17,18). The van der Waals surface area contributed by atoms with Gasteiger partial charge in [-0.3, -0.25) is 9.89 Å². The number of para-hydroxylation sites is 1. The molecule has 0 unspecified atom stereocenters. The van der Waals surface area contributed by atoms with Crippen molar-refractivity contribution < 1.29 is 4.79 Å². The van der Waals surface area contributed by atoms with E-state index >= 15 is 0 Å². The molecule has 0 radical (unpaired) electrons. The van der Waals surface area contributed by atoms with Gasteiger partial charge in [0.1, 0.15) is 5.82 Å². The molecule has 3 rings (SSSR count). The third kappa shape index (κ3) is 2.16. The van der Waals surface area contributed by atoms with E-state index in [2.05, 4.69) is 20.2 Å². The number of fused-ring (bicyclic) bond motifs is 1. The highest BCUT2D eigenvalue weighted by Crippen LogP contribution is 2.16. The Morgan fingerprint density at radius 2 is 2.25 bits per heavy atom. The Labute approximate surface area is 115 Å². The van der Waals surface area contributed by atoms with E-state index in [1.807, 2.05) is 25.1 Å². The van der Waals surface area contributed by atoms with E-state index in [-0.39, 0.29) is 5.91 Å². The Hall–Kier alpha value is -2.63. The summed E-state index contributed by atoms with van der Waals surface area (Å²) in [5, 5.41) is 6.42. The number of nitrogens with one attached hydrogen (secondary N) is 2. The van der Waals surface area contributed by atoms with Crippen LogP contribution < -0.4 is 0 Å². The van der Waals surface area contributed by atoms with Crippen LogP contribution in [0.15, 0.2) is 30.6 Å². The molecular weight excluding hydrogens is 254 g/mol. The van der Waals surface area contributed by atoms with Crippen molar-refractivity contribution in [1.82, 2.24) is 25.1 Å². The first-order valence-corrected chi connectivity index (χ1v) is 6.33. The highest BCUT2D eigenvalue weighted by atomic mass is 16.2. The number of hydrogen-bond donors (Lipinski definition) is 2. The number of hydrogen-bond acceptors (Lipinski definition) is 3. The Bertz CT molecular complexity index is 744. The fraction of sp³-hybridized carbons (Fsp3) is 0.214. The number of amides is 1. The fourth-order valence-electron chi connectivity index (χ4n) is 2.19. The average Bonchev–Trinajstić information content (AvgIpc) is 3.06. The largest absolute Gasteiger partial charge is 0.340 e. The summed E-state index contributed by atoms with van der Waals surface area (Å²) in [5.41, 5.74) is 3.60. The zero-order valence-electron chi connectivity index (χ0n) is 11.3. The minimum Gasteiger partial charge on any atom is -0.340 e. The zero-order chi connectivity index (χ0) is 14.1. The third-order valence-electron chi connectivity index (χ3n) is 3.24. The second-order valence-corrected chi connectivity index (χ2v) is 4.80. The lowest BCUT2D eigenvalue weighted by molar-refractivity contribution is 0.0782. The molecule has 0 spiro atoms. The minimum atomic E-state index is -0.0871. The number of aryl methyl sites for hydroxylation is 1. The van der Waals surface area contributed by atoms with Crippen molar-refractivity contribution in [1.29, 1.82) is 0 Å². The number of carbonyl (C=O) groups excluding carboxylic acids is 1. The predicted octanol–water partition coefficient (Wildman–Crippen LogP) is 1.87. The average molecular weight is 269 g/mol. The third-order valence-corrected chi connectivity index (χ3v) is 3.24. The van der Waals surface area contributed by atoms with E-state index < -0.39 is 0 Å². The van der Waals surface area contributed by atoms with Crippen molar-refractivity contribution in [2.45, 2.75) is 13.5 Å². The second-order valence-electron chi connectivity index (χ2n) is 4.80. The van der Waals surface area contributed by atoms with Crippen molar-refractivity contribution in [2.24, 2.45) is 0 Å². The molecular formula is C14H15N5O. The second kappa shape index (κ2) is 4.80. The molecule has 6 nitrogen and oxygen atoms in total. The highest BCUT2D eigenvalue weighted by molar-refractivity contribution is 5.93. The topological polar surface area (TPSA) is 77.7 Å². The summed E-state index contributed by atoms with van der Waals surface area (Å²) in [7, 11) is 1.75. The Balaban J connectivity index is 1.82. The molecule has 0 aliphatic carbocycles. The molecule has 0 aliphatic rings. The van der Waals surface area contributed by atoms with Gasteiger partial charge in [-0.15, -0.1) is 0 Å². The molecule has 2 N–H and O–H groups in total. The van der Waals surface area contributed by atoms with Crippen LogP contribution in [-0.2, 0) is 6.54 Å². The molecule has 0 fully saturated rings. The molecule has 1 amide bonds. The van der Waals surface area contributed by atoms with E-state index in [4.69, 9.17) is 0 Å². The van der Waals surface area contributed by atoms with Gasteiger partial charge in [0.15, 0.2) is 0 Å². The van der Waals surface area contributed by atoms with Crippen LogP contribution in [0.4, 0.5) is 0 Å². The SMILES string of the molecule is Cc1cccc2[nH]c(CN(C)C(=O)c3cn[nH]c3)nc12. The summed E-state index contributed by atoms with van der Waals surface area (Å²) in [5.74, 6) is 0.685. The van der Waals surface area contributed by atoms with Gasteiger partial charge in [0, 0.05) is 13.2 Å². The first-order chi connectivity index (χ1) is 9.65. The van der Waals surface area contributed by atoms with E-state index in [1.54, 1.807) is 18.1 Å². The van der Waals surface area contributed by atoms with Crippen molar-refractivity contribution in [3.05, 3.63) is 47.5 Å². The van der Waals surface area contributed by atoms with E-state index in [9.17, 15) is 4.79 Å². The summed E-state index contributed by atoms with van der Waals surface area (Å²) in [6.07, 6.45) is 3.10. The monoisotopic (exact) mass is 269 g/mol. The van der Waals surface area contributed by atoms with Crippen LogP contribution in [-0.4, -0.2) is 38.0 Å². The molecule has 0 aliphatic heterocycles. The van der Waals surface area contributed by atoms with Gasteiger partial charge in [-0.05, 0) is 18.6 Å². The van der Waals surface area contributed by atoms with Gasteiger partial charge >= 0.3 is 0 Å². The molecule has 1 aromatic carbocycles. The summed E-state index contributed by atoms with van der Waals surface area (Å²) in [6, 6.07) is 5.99. The smallest absolute Gasteiger partial charge is 0.257 e. The van der Waals surface area contributed by atoms with Gasteiger partial charge in [-0.1, -0.05) is 12.1 Å². The number of aromatic amines is 2. The van der Waals surface area contributed by atoms with Gasteiger partial charge in [-0.2, -0.15) is 5.10 Å². The van der Waals surface area contributed by atoms with Crippen molar-refractivity contribution in [3.8, 4) is 0 Å². The van der Waals surface area contributed by atoms with Crippen LogP contribution in [0.1, 0.15) is 21.7 Å². The van der Waals surface area contributed by atoms with E-state index in [1.165, 1.54) is 6.20 Å². The molecule has 0 atom stereocenters. The molecule has 0 bridgehead atoms. The van der Waals surface area contributed by atoms with Crippen LogP contribution >= 0.6 is 0 Å². The molecule has 20 heavy (non-hydrogen) atoms. The maximum atomic E-state index is 12.1. The Kier molecular flexibility index (Phi) is 2.98. The van der Waals surface area contributed by atoms with Crippen molar-refractivity contribution >= 4 is 16.9 Å². The van der Waals surface area contributed by atoms with Crippen molar-refractivity contribution in [3.63, 3.8) is 0 Å². The number of carbonyl (C=O) groups is 1. The quantitative estimate of drug-likeness (QED) is 0.762. The van der Waals surface area contributed by atoms with Crippen molar-refractivity contribution in [2.75, 3.05) is 7.05 Å².